The lowest BCUT2D eigenvalue weighted by atomic mass is 10.1. The Kier molecular flexibility index (Phi) is 6.91. The molecule has 36 heavy (non-hydrogen) atoms. The lowest BCUT2D eigenvalue weighted by Gasteiger charge is -2.35. The first-order chi connectivity index (χ1) is 17.6. The molecule has 0 radical (unpaired) electrons. The lowest BCUT2D eigenvalue weighted by molar-refractivity contribution is 0.0953. The van der Waals surface area contributed by atoms with E-state index in [1.807, 2.05) is 30.3 Å². The number of amides is 1. The minimum atomic E-state index is -0.349. The molecule has 1 saturated carbocycles. The van der Waals surface area contributed by atoms with Gasteiger partial charge in [0.1, 0.15) is 17.8 Å². The number of anilines is 3. The molecular formula is C26H28N8O2. The number of nitrogens with zero attached hydrogens (tertiary/aromatic N) is 5. The van der Waals surface area contributed by atoms with Gasteiger partial charge in [-0.1, -0.05) is 30.2 Å². The summed E-state index contributed by atoms with van der Waals surface area (Å²) >= 11 is 0. The highest BCUT2D eigenvalue weighted by molar-refractivity contribution is 5.93. The highest BCUT2D eigenvalue weighted by Crippen LogP contribution is 2.39. The van der Waals surface area contributed by atoms with Gasteiger partial charge in [0.05, 0.1) is 6.54 Å². The van der Waals surface area contributed by atoms with Crippen LogP contribution in [-0.4, -0.2) is 70.0 Å². The molecule has 0 unspecified atom stereocenters. The summed E-state index contributed by atoms with van der Waals surface area (Å²) in [6, 6.07) is 11.2. The fourth-order valence-electron chi connectivity index (χ4n) is 4.18. The van der Waals surface area contributed by atoms with Gasteiger partial charge in [-0.15, -0.1) is 6.42 Å². The number of hydrogen-bond donors (Lipinski definition) is 3. The fraction of sp³-hybridized carbons (Fsp3) is 0.346. The number of piperazine rings is 1. The third kappa shape index (κ3) is 5.70. The maximum atomic E-state index is 12.7. The third-order valence-corrected chi connectivity index (χ3v) is 6.35. The van der Waals surface area contributed by atoms with Gasteiger partial charge in [0.2, 0.25) is 5.95 Å². The van der Waals surface area contributed by atoms with Gasteiger partial charge in [0, 0.05) is 62.0 Å². The highest BCUT2D eigenvalue weighted by Gasteiger charge is 2.26. The summed E-state index contributed by atoms with van der Waals surface area (Å²) in [5.74, 6) is 4.25. The molecule has 1 saturated heterocycles. The molecule has 0 spiro atoms. The number of aromatic amines is 1. The van der Waals surface area contributed by atoms with Gasteiger partial charge in [0.25, 0.3) is 5.91 Å². The summed E-state index contributed by atoms with van der Waals surface area (Å²) in [5, 5.41) is 13.3. The van der Waals surface area contributed by atoms with Crippen LogP contribution in [0.2, 0.25) is 0 Å². The first-order valence-corrected chi connectivity index (χ1v) is 12.1. The van der Waals surface area contributed by atoms with Crippen LogP contribution in [0.25, 0.3) is 0 Å². The smallest absolute Gasteiger partial charge is 0.270 e. The number of carbonyl (C=O) groups excluding carboxylic acids is 2. The van der Waals surface area contributed by atoms with Crippen LogP contribution in [0.3, 0.4) is 0 Å². The van der Waals surface area contributed by atoms with Crippen LogP contribution >= 0.6 is 0 Å². The molecule has 10 nitrogen and oxygen atoms in total. The normalized spacial score (nSPS) is 15.8. The topological polar surface area (TPSA) is 119 Å². The molecule has 1 amide bonds. The SMILES string of the molecule is C#CCNC(=O)c1cc(Nc2cc(C3CC3)[nH]n2)nc(N2CCN(Cc3ccc(C=O)cc3)CC2)n1. The molecule has 1 aromatic carbocycles. The third-order valence-electron chi connectivity index (χ3n) is 6.35. The van der Waals surface area contributed by atoms with E-state index < -0.39 is 0 Å². The van der Waals surface area contributed by atoms with Crippen molar-refractivity contribution in [3.05, 3.63) is 58.9 Å². The van der Waals surface area contributed by atoms with Gasteiger partial charge in [-0.3, -0.25) is 19.6 Å². The van der Waals surface area contributed by atoms with E-state index in [0.29, 0.717) is 29.1 Å². The van der Waals surface area contributed by atoms with E-state index in [1.54, 1.807) is 6.07 Å². The van der Waals surface area contributed by atoms with E-state index in [1.165, 1.54) is 12.8 Å². The van der Waals surface area contributed by atoms with Gasteiger partial charge in [-0.25, -0.2) is 4.98 Å². The number of hydrogen-bond acceptors (Lipinski definition) is 8. The van der Waals surface area contributed by atoms with Crippen molar-refractivity contribution < 1.29 is 9.59 Å². The molecule has 2 aliphatic rings. The first kappa shape index (κ1) is 23.5. The lowest BCUT2D eigenvalue weighted by Crippen LogP contribution is -2.46. The molecule has 5 rings (SSSR count). The fourth-order valence-corrected chi connectivity index (χ4v) is 4.18. The molecule has 10 heteroatoms. The van der Waals surface area contributed by atoms with Crippen molar-refractivity contribution in [2.24, 2.45) is 0 Å². The molecule has 2 aromatic heterocycles. The monoisotopic (exact) mass is 484 g/mol. The number of nitrogens with one attached hydrogen (secondary N) is 3. The Labute approximate surface area is 209 Å². The number of rotatable bonds is 9. The standard InChI is InChI=1S/C26H28N8O2/c1-2-9-27-25(36)22-15-23(29-24-14-21(31-32-24)20-7-8-20)30-26(28-22)34-12-10-33(11-13-34)16-18-3-5-19(17-35)6-4-18/h1,3-6,14-15,17,20H,7-13,16H2,(H,27,36)(H2,28,29,30,31,32). The first-order valence-electron chi connectivity index (χ1n) is 12.1. The van der Waals surface area contributed by atoms with Gasteiger partial charge in [-0.05, 0) is 18.4 Å². The van der Waals surface area contributed by atoms with E-state index >= 15 is 0 Å². The molecular weight excluding hydrogens is 456 g/mol. The van der Waals surface area contributed by atoms with Crippen LogP contribution < -0.4 is 15.5 Å². The Morgan fingerprint density at radius 3 is 2.58 bits per heavy atom. The predicted octanol–water partition coefficient (Wildman–Crippen LogP) is 2.32. The van der Waals surface area contributed by atoms with E-state index in [9.17, 15) is 9.59 Å². The molecule has 1 aliphatic heterocycles. The Bertz CT molecular complexity index is 1270. The van der Waals surface area contributed by atoms with Gasteiger partial charge >= 0.3 is 0 Å². The quantitative estimate of drug-likeness (QED) is 0.313. The van der Waals surface area contributed by atoms with E-state index in [2.05, 4.69) is 41.5 Å². The van der Waals surface area contributed by atoms with Crippen molar-refractivity contribution >= 4 is 29.8 Å². The van der Waals surface area contributed by atoms with Gasteiger partial charge < -0.3 is 15.5 Å². The molecule has 1 aliphatic carbocycles. The van der Waals surface area contributed by atoms with Crippen LogP contribution in [0.5, 0.6) is 0 Å². The van der Waals surface area contributed by atoms with E-state index in [4.69, 9.17) is 11.4 Å². The summed E-state index contributed by atoms with van der Waals surface area (Å²) in [5.41, 5.74) is 3.19. The summed E-state index contributed by atoms with van der Waals surface area (Å²) in [4.78, 5) is 37.2. The van der Waals surface area contributed by atoms with Crippen LogP contribution in [0.4, 0.5) is 17.6 Å². The number of H-pyrrole nitrogens is 1. The number of terminal acetylenes is 1. The van der Waals surface area contributed by atoms with Crippen LogP contribution in [0.15, 0.2) is 36.4 Å². The predicted molar refractivity (Wildman–Crippen MR) is 136 cm³/mol. The van der Waals surface area contributed by atoms with Crippen LogP contribution in [0.1, 0.15) is 50.9 Å². The van der Waals surface area contributed by atoms with Crippen molar-refractivity contribution in [3.63, 3.8) is 0 Å². The Morgan fingerprint density at radius 2 is 1.89 bits per heavy atom. The number of aldehydes is 1. The summed E-state index contributed by atoms with van der Waals surface area (Å²) < 4.78 is 0. The number of aromatic nitrogens is 4. The van der Waals surface area contributed by atoms with Crippen LogP contribution in [0, 0.1) is 12.3 Å². The molecule has 3 aromatic rings. The average Bonchev–Trinajstić information content (AvgIpc) is 3.66. The van der Waals surface area contributed by atoms with Gasteiger partial charge in [0.15, 0.2) is 5.82 Å². The molecule has 0 atom stereocenters. The Balaban J connectivity index is 1.29. The minimum absolute atomic E-state index is 0.123. The molecule has 184 valence electrons. The van der Waals surface area contributed by atoms with Crippen molar-refractivity contribution in [1.29, 1.82) is 0 Å². The van der Waals surface area contributed by atoms with E-state index in [-0.39, 0.29) is 18.1 Å². The molecule has 2 fully saturated rings. The second-order valence-electron chi connectivity index (χ2n) is 9.06. The summed E-state index contributed by atoms with van der Waals surface area (Å²) in [7, 11) is 0. The average molecular weight is 485 g/mol. The molecule has 0 bridgehead atoms. The van der Waals surface area contributed by atoms with Crippen molar-refractivity contribution in [3.8, 4) is 12.3 Å². The second-order valence-corrected chi connectivity index (χ2v) is 9.06. The zero-order chi connectivity index (χ0) is 24.9. The minimum Gasteiger partial charge on any atom is -0.340 e. The zero-order valence-electron chi connectivity index (χ0n) is 19.9. The highest BCUT2D eigenvalue weighted by atomic mass is 16.1. The summed E-state index contributed by atoms with van der Waals surface area (Å²) in [6.07, 6.45) is 8.50. The maximum Gasteiger partial charge on any atom is 0.270 e. The zero-order valence-corrected chi connectivity index (χ0v) is 19.9. The van der Waals surface area contributed by atoms with Crippen molar-refractivity contribution in [2.45, 2.75) is 25.3 Å². The van der Waals surface area contributed by atoms with Crippen LogP contribution in [-0.2, 0) is 6.54 Å². The van der Waals surface area contributed by atoms with Crippen molar-refractivity contribution in [2.75, 3.05) is 42.9 Å². The van der Waals surface area contributed by atoms with Crippen molar-refractivity contribution in [1.82, 2.24) is 30.4 Å². The number of carbonyl (C=O) groups is 2. The van der Waals surface area contributed by atoms with Gasteiger partial charge in [-0.2, -0.15) is 10.1 Å². The maximum absolute atomic E-state index is 12.7. The van der Waals surface area contributed by atoms with E-state index in [0.717, 1.165) is 50.3 Å². The molecule has 3 heterocycles. The number of benzene rings is 1. The summed E-state index contributed by atoms with van der Waals surface area (Å²) in [6.45, 7) is 4.00. The Hall–Kier alpha value is -4.23. The molecule has 3 N–H and O–H groups in total. The Morgan fingerprint density at radius 1 is 1.11 bits per heavy atom. The largest absolute Gasteiger partial charge is 0.340 e. The second kappa shape index (κ2) is 10.6.